The molecule has 0 radical (unpaired) electrons. The largest absolute Gasteiger partial charge is 0.393 e. The number of aliphatic hydroxyl groups is 2. The van der Waals surface area contributed by atoms with Gasteiger partial charge in [-0.2, -0.15) is 0 Å². The second-order valence-electron chi connectivity index (χ2n) is 16.4. The van der Waals surface area contributed by atoms with E-state index in [0.29, 0.717) is 18.3 Å². The number of Topliss-reactive ketones (excluding diaryl/α,β-unsaturated/α-hetero) is 1. The highest BCUT2D eigenvalue weighted by molar-refractivity contribution is 6.10. The number of likely N-dealkylation sites (tertiary alicyclic amines) is 1. The van der Waals surface area contributed by atoms with Crippen LogP contribution in [0.2, 0.25) is 0 Å². The number of piperidine rings is 1. The van der Waals surface area contributed by atoms with E-state index in [2.05, 4.69) is 67.3 Å². The number of ketones is 1. The lowest BCUT2D eigenvalue weighted by molar-refractivity contribution is -0.177. The molecule has 7 aliphatic rings. The van der Waals surface area contributed by atoms with Crippen molar-refractivity contribution in [3.63, 3.8) is 0 Å². The standard InChI is InChI=1S/C41H51NO3/c1-37-18-13-32(43)26-39(37)21-22-41(33(27-39)36(44)31-11-7-4-8-12-31)34(37)14-19-38(2)35(41)15-20-40(38,45)28-42-23-16-30(17-24-42)25-29-9-5-3-6-10-29/h3-12,21-22,27,30,32,34-35,43,45H,13-20,23-26,28H2,1-2H3/t32?,34-,35-,37-,38+,39+,40-,41-/m1/s1. The van der Waals surface area contributed by atoms with Crippen LogP contribution in [0.1, 0.15) is 87.6 Å². The van der Waals surface area contributed by atoms with E-state index in [-0.39, 0.29) is 39.5 Å². The average Bonchev–Trinajstić information content (AvgIpc) is 3.32. The topological polar surface area (TPSA) is 60.8 Å². The van der Waals surface area contributed by atoms with Crippen molar-refractivity contribution in [3.05, 3.63) is 95.6 Å². The van der Waals surface area contributed by atoms with Gasteiger partial charge in [-0.1, -0.05) is 92.7 Å². The van der Waals surface area contributed by atoms with Crippen molar-refractivity contribution in [3.8, 4) is 0 Å². The monoisotopic (exact) mass is 605 g/mol. The third-order valence-corrected chi connectivity index (χ3v) is 14.6. The number of fused-ring (bicyclic) bond motifs is 1. The quantitative estimate of drug-likeness (QED) is 0.266. The maximum atomic E-state index is 14.6. The second kappa shape index (κ2) is 10.5. The third kappa shape index (κ3) is 4.24. The van der Waals surface area contributed by atoms with E-state index >= 15 is 0 Å². The van der Waals surface area contributed by atoms with Crippen molar-refractivity contribution in [1.29, 1.82) is 0 Å². The van der Waals surface area contributed by atoms with E-state index in [4.69, 9.17) is 0 Å². The molecule has 0 aromatic heterocycles. The van der Waals surface area contributed by atoms with E-state index in [9.17, 15) is 15.0 Å². The lowest BCUT2D eigenvalue weighted by Crippen LogP contribution is -2.67. The van der Waals surface area contributed by atoms with Crippen LogP contribution in [-0.2, 0) is 6.42 Å². The van der Waals surface area contributed by atoms with Gasteiger partial charge in [-0.3, -0.25) is 4.79 Å². The molecule has 6 aliphatic carbocycles. The van der Waals surface area contributed by atoms with Crippen LogP contribution in [0.25, 0.3) is 0 Å². The molecule has 4 nitrogen and oxygen atoms in total. The Morgan fingerprint density at radius 3 is 2.20 bits per heavy atom. The van der Waals surface area contributed by atoms with Crippen LogP contribution in [0.5, 0.6) is 0 Å². The van der Waals surface area contributed by atoms with Gasteiger partial charge in [0.2, 0.25) is 0 Å². The minimum absolute atomic E-state index is 0.00409. The summed E-state index contributed by atoms with van der Waals surface area (Å²) in [5, 5.41) is 23.7. The molecular formula is C41H51NO3. The molecule has 1 heterocycles. The summed E-state index contributed by atoms with van der Waals surface area (Å²) in [5.41, 5.74) is 1.44. The minimum atomic E-state index is -0.770. The highest BCUT2D eigenvalue weighted by Gasteiger charge is 2.74. The van der Waals surface area contributed by atoms with E-state index in [1.54, 1.807) is 0 Å². The summed E-state index contributed by atoms with van der Waals surface area (Å²) in [5.74, 6) is 1.40. The molecule has 1 saturated heterocycles. The average molecular weight is 606 g/mol. The molecule has 9 rings (SSSR count). The molecule has 2 spiro atoms. The first-order valence-electron chi connectivity index (χ1n) is 17.8. The zero-order valence-electron chi connectivity index (χ0n) is 27.3. The van der Waals surface area contributed by atoms with Crippen molar-refractivity contribution >= 4 is 5.78 Å². The molecule has 1 aliphatic heterocycles. The maximum Gasteiger partial charge on any atom is 0.189 e. The zero-order chi connectivity index (χ0) is 31.1. The molecule has 2 aromatic carbocycles. The highest BCUT2D eigenvalue weighted by Crippen LogP contribution is 2.78. The van der Waals surface area contributed by atoms with Gasteiger partial charge in [-0.05, 0) is 106 Å². The van der Waals surface area contributed by atoms with Crippen LogP contribution in [-0.4, -0.2) is 52.2 Å². The number of hydrogen-bond acceptors (Lipinski definition) is 4. The Kier molecular flexibility index (Phi) is 6.96. The maximum absolute atomic E-state index is 14.6. The van der Waals surface area contributed by atoms with Crippen molar-refractivity contribution in [2.45, 2.75) is 89.8 Å². The lowest BCUT2D eigenvalue weighted by Gasteiger charge is -2.71. The molecule has 3 saturated carbocycles. The summed E-state index contributed by atoms with van der Waals surface area (Å²) in [6, 6.07) is 20.7. The molecule has 2 bridgehead atoms. The molecule has 8 atom stereocenters. The van der Waals surface area contributed by atoms with Gasteiger partial charge in [-0.25, -0.2) is 0 Å². The Labute approximate surface area is 269 Å². The fraction of sp³-hybridized carbons (Fsp3) is 0.585. The van der Waals surface area contributed by atoms with E-state index in [1.165, 1.54) is 18.4 Å². The van der Waals surface area contributed by atoms with Crippen LogP contribution in [0.15, 0.2) is 84.5 Å². The summed E-state index contributed by atoms with van der Waals surface area (Å²) in [6.07, 6.45) is 16.7. The van der Waals surface area contributed by atoms with Gasteiger partial charge in [0.1, 0.15) is 0 Å². The Hall–Kier alpha value is -2.53. The molecule has 4 heteroatoms. The van der Waals surface area contributed by atoms with Gasteiger partial charge in [-0.15, -0.1) is 0 Å². The van der Waals surface area contributed by atoms with Crippen LogP contribution >= 0.6 is 0 Å². The Balaban J connectivity index is 1.11. The van der Waals surface area contributed by atoms with Gasteiger partial charge >= 0.3 is 0 Å². The molecule has 2 aromatic rings. The molecule has 0 amide bonds. The second-order valence-corrected chi connectivity index (χ2v) is 16.4. The Bertz CT molecular complexity index is 1510. The minimum Gasteiger partial charge on any atom is -0.393 e. The van der Waals surface area contributed by atoms with Crippen molar-refractivity contribution in [2.75, 3.05) is 19.6 Å². The van der Waals surface area contributed by atoms with Gasteiger partial charge < -0.3 is 15.1 Å². The van der Waals surface area contributed by atoms with Gasteiger partial charge in [0.15, 0.2) is 5.78 Å². The predicted octanol–water partition coefficient (Wildman–Crippen LogP) is 7.42. The third-order valence-electron chi connectivity index (χ3n) is 14.6. The summed E-state index contributed by atoms with van der Waals surface area (Å²) >= 11 is 0. The molecule has 45 heavy (non-hydrogen) atoms. The number of aliphatic hydroxyl groups excluding tert-OH is 1. The molecule has 2 N–H and O–H groups in total. The summed E-state index contributed by atoms with van der Waals surface area (Å²) in [4.78, 5) is 17.1. The van der Waals surface area contributed by atoms with E-state index in [0.717, 1.165) is 75.7 Å². The highest BCUT2D eigenvalue weighted by atomic mass is 16.3. The number of hydrogen-bond donors (Lipinski definition) is 2. The summed E-state index contributed by atoms with van der Waals surface area (Å²) in [7, 11) is 0. The zero-order valence-corrected chi connectivity index (χ0v) is 27.3. The fourth-order valence-corrected chi connectivity index (χ4v) is 12.0. The Morgan fingerprint density at radius 1 is 0.822 bits per heavy atom. The lowest BCUT2D eigenvalue weighted by atomic mass is 9.32. The van der Waals surface area contributed by atoms with Crippen LogP contribution < -0.4 is 0 Å². The van der Waals surface area contributed by atoms with Crippen LogP contribution in [0.4, 0.5) is 0 Å². The van der Waals surface area contributed by atoms with Gasteiger partial charge in [0, 0.05) is 33.9 Å². The van der Waals surface area contributed by atoms with E-state index < -0.39 is 5.60 Å². The Morgan fingerprint density at radius 2 is 1.47 bits per heavy atom. The SMILES string of the molecule is C[C@]12CC[C@H]3[C@]4(C=C[C@@]5(C=C4C(=O)c4ccccc4)CC(O)CC[C@]35C)[C@@H]1CC[C@@]2(O)CN1CCC(Cc2ccccc2)CC1. The van der Waals surface area contributed by atoms with Gasteiger partial charge in [0.25, 0.3) is 0 Å². The van der Waals surface area contributed by atoms with Gasteiger partial charge in [0.05, 0.1) is 11.7 Å². The summed E-state index contributed by atoms with van der Waals surface area (Å²) in [6.45, 7) is 7.68. The summed E-state index contributed by atoms with van der Waals surface area (Å²) < 4.78 is 0. The number of β-amino-alcohol motifs (C(OH)–C–C–N with tert-alkyl or cyclic N) is 1. The van der Waals surface area contributed by atoms with Crippen molar-refractivity contribution < 1.29 is 15.0 Å². The predicted molar refractivity (Wildman–Crippen MR) is 179 cm³/mol. The first-order chi connectivity index (χ1) is 21.6. The smallest absolute Gasteiger partial charge is 0.189 e. The normalized spacial score (nSPS) is 42.5. The first kappa shape index (κ1) is 29.8. The molecule has 238 valence electrons. The molecule has 1 unspecified atom stereocenters. The van der Waals surface area contributed by atoms with E-state index in [1.807, 2.05) is 30.3 Å². The number of nitrogens with zero attached hydrogens (tertiary/aromatic N) is 1. The molecular weight excluding hydrogens is 554 g/mol. The van der Waals surface area contributed by atoms with Crippen LogP contribution in [0.3, 0.4) is 0 Å². The van der Waals surface area contributed by atoms with Crippen molar-refractivity contribution in [1.82, 2.24) is 4.90 Å². The molecule has 4 fully saturated rings. The number of carbonyl (C=O) groups excluding carboxylic acids is 1. The number of carbonyl (C=O) groups is 1. The fourth-order valence-electron chi connectivity index (χ4n) is 12.0. The number of benzene rings is 2. The number of rotatable bonds is 6. The first-order valence-corrected chi connectivity index (χ1v) is 17.8. The van der Waals surface area contributed by atoms with Crippen molar-refractivity contribution in [2.24, 2.45) is 39.4 Å². The number of allylic oxidation sites excluding steroid dienone is 4. The van der Waals surface area contributed by atoms with Crippen LogP contribution in [0, 0.1) is 39.4 Å².